The molecule has 3 aromatic rings. The van der Waals surface area contributed by atoms with Gasteiger partial charge in [0, 0.05) is 6.61 Å². The summed E-state index contributed by atoms with van der Waals surface area (Å²) in [4.78, 5) is 17.6. The zero-order valence-corrected chi connectivity index (χ0v) is 16.0. The Kier molecular flexibility index (Phi) is 5.37. The molecule has 1 saturated heterocycles. The Balaban J connectivity index is 1.70. The summed E-state index contributed by atoms with van der Waals surface area (Å²) in [5, 5.41) is 8.87. The molecular weight excluding hydrogens is 405 g/mol. The SMILES string of the molecule is O=C(NC1CCCOC1)c1nc(-c2cccs2)n(-c2cccc(C(F)(F)F)c2)n1. The number of nitrogens with zero attached hydrogens (tertiary/aromatic N) is 3. The van der Waals surface area contributed by atoms with Crippen LogP contribution in [0, 0.1) is 0 Å². The van der Waals surface area contributed by atoms with Crippen LogP contribution in [0.25, 0.3) is 16.4 Å². The first-order valence-corrected chi connectivity index (χ1v) is 9.87. The smallest absolute Gasteiger partial charge is 0.379 e. The summed E-state index contributed by atoms with van der Waals surface area (Å²) in [6, 6.07) is 8.21. The van der Waals surface area contributed by atoms with Gasteiger partial charge in [-0.15, -0.1) is 16.4 Å². The van der Waals surface area contributed by atoms with E-state index in [2.05, 4.69) is 15.4 Å². The van der Waals surface area contributed by atoms with Gasteiger partial charge in [0.25, 0.3) is 5.91 Å². The second-order valence-corrected chi connectivity index (χ2v) is 7.53. The fourth-order valence-corrected chi connectivity index (χ4v) is 3.77. The van der Waals surface area contributed by atoms with Crippen LogP contribution in [0.3, 0.4) is 0 Å². The molecule has 4 rings (SSSR count). The van der Waals surface area contributed by atoms with Crippen molar-refractivity contribution in [2.45, 2.75) is 25.1 Å². The van der Waals surface area contributed by atoms with E-state index in [-0.39, 0.29) is 17.6 Å². The average Bonchev–Trinajstić information content (AvgIpc) is 3.38. The monoisotopic (exact) mass is 422 g/mol. The molecule has 6 nitrogen and oxygen atoms in total. The van der Waals surface area contributed by atoms with Crippen LogP contribution in [0.4, 0.5) is 13.2 Å². The normalized spacial score (nSPS) is 17.3. The molecule has 1 atom stereocenters. The Morgan fingerprint density at radius 3 is 2.83 bits per heavy atom. The zero-order valence-electron chi connectivity index (χ0n) is 15.1. The Labute approximate surface area is 168 Å². The van der Waals surface area contributed by atoms with E-state index in [1.165, 1.54) is 28.2 Å². The molecule has 0 saturated carbocycles. The average molecular weight is 422 g/mol. The standard InChI is InChI=1S/C19H17F3N4O2S/c20-19(21,22)12-4-1-6-14(10-12)26-17(15-7-3-9-29-15)24-16(25-26)18(27)23-13-5-2-8-28-11-13/h1,3-4,6-7,9-10,13H,2,5,8,11H2,(H,23,27). The first kappa shape index (κ1) is 19.6. The molecular formula is C19H17F3N4O2S. The summed E-state index contributed by atoms with van der Waals surface area (Å²) in [5.41, 5.74) is -0.622. The van der Waals surface area contributed by atoms with Crippen molar-refractivity contribution in [2.75, 3.05) is 13.2 Å². The van der Waals surface area contributed by atoms with Gasteiger partial charge < -0.3 is 10.1 Å². The van der Waals surface area contributed by atoms with E-state index in [1.54, 1.807) is 12.1 Å². The molecule has 10 heteroatoms. The lowest BCUT2D eigenvalue weighted by Gasteiger charge is -2.22. The molecule has 1 aliphatic heterocycles. The number of hydrogen-bond acceptors (Lipinski definition) is 5. The number of benzene rings is 1. The van der Waals surface area contributed by atoms with Crippen LogP contribution < -0.4 is 5.32 Å². The van der Waals surface area contributed by atoms with Gasteiger partial charge in [-0.3, -0.25) is 4.79 Å². The maximum absolute atomic E-state index is 13.1. The van der Waals surface area contributed by atoms with Crippen LogP contribution in [0.2, 0.25) is 0 Å². The van der Waals surface area contributed by atoms with Gasteiger partial charge in [-0.1, -0.05) is 12.1 Å². The molecule has 152 valence electrons. The first-order valence-electron chi connectivity index (χ1n) is 8.99. The topological polar surface area (TPSA) is 69.0 Å². The number of ether oxygens (including phenoxy) is 1. The zero-order chi connectivity index (χ0) is 20.4. The highest BCUT2D eigenvalue weighted by Gasteiger charge is 2.31. The minimum atomic E-state index is -4.49. The second-order valence-electron chi connectivity index (χ2n) is 6.58. The van der Waals surface area contributed by atoms with Crippen LogP contribution in [0.15, 0.2) is 41.8 Å². The summed E-state index contributed by atoms with van der Waals surface area (Å²) in [7, 11) is 0. The van der Waals surface area contributed by atoms with Crippen molar-refractivity contribution >= 4 is 17.2 Å². The van der Waals surface area contributed by atoms with Crippen LogP contribution in [0.1, 0.15) is 29.0 Å². The number of amides is 1. The van der Waals surface area contributed by atoms with E-state index in [4.69, 9.17) is 4.74 Å². The maximum Gasteiger partial charge on any atom is 0.416 e. The van der Waals surface area contributed by atoms with E-state index in [1.807, 2.05) is 5.38 Å². The minimum absolute atomic E-state index is 0.101. The van der Waals surface area contributed by atoms with Gasteiger partial charge in [0.05, 0.1) is 28.8 Å². The van der Waals surface area contributed by atoms with Crippen molar-refractivity contribution in [3.05, 3.63) is 53.2 Å². The number of carbonyl (C=O) groups excluding carboxylic acids is 1. The quantitative estimate of drug-likeness (QED) is 0.692. The molecule has 0 spiro atoms. The highest BCUT2D eigenvalue weighted by Crippen LogP contribution is 2.32. The minimum Gasteiger partial charge on any atom is -0.379 e. The fourth-order valence-electron chi connectivity index (χ4n) is 3.07. The van der Waals surface area contributed by atoms with Gasteiger partial charge in [-0.05, 0) is 42.5 Å². The predicted molar refractivity (Wildman–Crippen MR) is 101 cm³/mol. The van der Waals surface area contributed by atoms with Crippen LogP contribution in [-0.2, 0) is 10.9 Å². The third-order valence-corrected chi connectivity index (χ3v) is 5.33. The number of aromatic nitrogens is 3. The lowest BCUT2D eigenvalue weighted by atomic mass is 10.1. The molecule has 29 heavy (non-hydrogen) atoms. The van der Waals surface area contributed by atoms with Crippen LogP contribution in [-0.4, -0.2) is 39.9 Å². The van der Waals surface area contributed by atoms with Crippen molar-refractivity contribution in [3.63, 3.8) is 0 Å². The second kappa shape index (κ2) is 7.96. The molecule has 2 aromatic heterocycles. The molecule has 3 heterocycles. The van der Waals surface area contributed by atoms with Crippen molar-refractivity contribution in [3.8, 4) is 16.4 Å². The van der Waals surface area contributed by atoms with Crippen molar-refractivity contribution < 1.29 is 22.7 Å². The van der Waals surface area contributed by atoms with Gasteiger partial charge in [0.2, 0.25) is 5.82 Å². The predicted octanol–water partition coefficient (Wildman–Crippen LogP) is 3.92. The number of rotatable bonds is 4. The van der Waals surface area contributed by atoms with Crippen LogP contribution >= 0.6 is 11.3 Å². The van der Waals surface area contributed by atoms with Crippen LogP contribution in [0.5, 0.6) is 0 Å². The summed E-state index contributed by atoms with van der Waals surface area (Å²) in [6.07, 6.45) is -2.85. The lowest BCUT2D eigenvalue weighted by Crippen LogP contribution is -2.41. The van der Waals surface area contributed by atoms with Gasteiger partial charge in [0.15, 0.2) is 5.82 Å². The number of alkyl halides is 3. The summed E-state index contributed by atoms with van der Waals surface area (Å²) < 4.78 is 46.0. The fraction of sp³-hybridized carbons (Fsp3) is 0.316. The van der Waals surface area contributed by atoms with Gasteiger partial charge in [0.1, 0.15) is 0 Å². The summed E-state index contributed by atoms with van der Waals surface area (Å²) >= 11 is 1.36. The number of thiophene rings is 1. The first-order chi connectivity index (χ1) is 13.9. The third-order valence-electron chi connectivity index (χ3n) is 4.47. The highest BCUT2D eigenvalue weighted by atomic mass is 32.1. The molecule has 0 bridgehead atoms. The largest absolute Gasteiger partial charge is 0.416 e. The lowest BCUT2D eigenvalue weighted by molar-refractivity contribution is -0.137. The van der Waals surface area contributed by atoms with Gasteiger partial charge >= 0.3 is 6.18 Å². The Bertz CT molecular complexity index is 995. The Morgan fingerprint density at radius 2 is 2.14 bits per heavy atom. The third kappa shape index (κ3) is 4.33. The van der Waals surface area contributed by atoms with E-state index < -0.39 is 17.6 Å². The summed E-state index contributed by atoms with van der Waals surface area (Å²) in [6.45, 7) is 1.08. The van der Waals surface area contributed by atoms with E-state index >= 15 is 0 Å². The van der Waals surface area contributed by atoms with Gasteiger partial charge in [-0.25, -0.2) is 9.67 Å². The molecule has 0 radical (unpaired) electrons. The number of halogens is 3. The molecule has 1 unspecified atom stereocenters. The molecule has 1 aromatic carbocycles. The van der Waals surface area contributed by atoms with Crippen molar-refractivity contribution in [1.29, 1.82) is 0 Å². The Morgan fingerprint density at radius 1 is 1.28 bits per heavy atom. The number of carbonyl (C=O) groups is 1. The van der Waals surface area contributed by atoms with Crippen molar-refractivity contribution in [1.82, 2.24) is 20.1 Å². The molecule has 1 fully saturated rings. The van der Waals surface area contributed by atoms with Crippen molar-refractivity contribution in [2.24, 2.45) is 0 Å². The van der Waals surface area contributed by atoms with E-state index in [0.717, 1.165) is 25.0 Å². The molecule has 1 N–H and O–H groups in total. The maximum atomic E-state index is 13.1. The number of hydrogen-bond donors (Lipinski definition) is 1. The number of nitrogens with one attached hydrogen (secondary N) is 1. The van der Waals surface area contributed by atoms with E-state index in [0.29, 0.717) is 23.9 Å². The Hall–Kier alpha value is -2.72. The van der Waals surface area contributed by atoms with Gasteiger partial charge in [-0.2, -0.15) is 13.2 Å². The molecule has 1 aliphatic rings. The van der Waals surface area contributed by atoms with E-state index in [9.17, 15) is 18.0 Å². The highest BCUT2D eigenvalue weighted by molar-refractivity contribution is 7.13. The molecule has 1 amide bonds. The summed E-state index contributed by atoms with van der Waals surface area (Å²) in [5.74, 6) is -0.273. The molecule has 0 aliphatic carbocycles.